The van der Waals surface area contributed by atoms with E-state index < -0.39 is 0 Å². The van der Waals surface area contributed by atoms with Crippen LogP contribution in [0.1, 0.15) is 53.6 Å². The van der Waals surface area contributed by atoms with E-state index in [1.54, 1.807) is 23.3 Å². The van der Waals surface area contributed by atoms with Gasteiger partial charge in [0, 0.05) is 42.0 Å². The summed E-state index contributed by atoms with van der Waals surface area (Å²) in [7, 11) is 0. The quantitative estimate of drug-likeness (QED) is 0.708. The van der Waals surface area contributed by atoms with Crippen molar-refractivity contribution in [1.82, 2.24) is 25.3 Å². The van der Waals surface area contributed by atoms with Crippen LogP contribution in [-0.2, 0) is 0 Å². The highest BCUT2D eigenvalue weighted by Gasteiger charge is 2.26. The monoisotopic (exact) mass is 393 g/mol. The topological polar surface area (TPSA) is 80.7 Å². The molecule has 4 rings (SSSR count). The molecule has 0 aromatic carbocycles. The lowest BCUT2D eigenvalue weighted by Crippen LogP contribution is -2.31. The van der Waals surface area contributed by atoms with Gasteiger partial charge in [0.1, 0.15) is 11.5 Å². The number of hydrogen-bond donors (Lipinski definition) is 1. The largest absolute Gasteiger partial charge is 0.350 e. The summed E-state index contributed by atoms with van der Waals surface area (Å²) in [5, 5.41) is 4.81. The average molecular weight is 394 g/mol. The maximum Gasteiger partial charge on any atom is 0.270 e. The Kier molecular flexibility index (Phi) is 5.71. The molecule has 3 heterocycles. The van der Waals surface area contributed by atoms with Crippen LogP contribution in [0.5, 0.6) is 0 Å². The molecule has 1 aliphatic carbocycles. The Morgan fingerprint density at radius 3 is 2.68 bits per heavy atom. The van der Waals surface area contributed by atoms with Crippen LogP contribution in [0.3, 0.4) is 0 Å². The van der Waals surface area contributed by atoms with Crippen molar-refractivity contribution in [3.05, 3.63) is 58.8 Å². The van der Waals surface area contributed by atoms with Gasteiger partial charge in [-0.1, -0.05) is 0 Å². The number of carbonyl (C=O) groups excluding carboxylic acids is 1. The normalized spacial score (nSPS) is 19.3. The zero-order valence-corrected chi connectivity index (χ0v) is 16.7. The number of thiazole rings is 1. The Hall–Kier alpha value is -2.67. The average Bonchev–Trinajstić information content (AvgIpc) is 3.28. The molecule has 3 aromatic rings. The van der Waals surface area contributed by atoms with Gasteiger partial charge in [-0.05, 0) is 56.2 Å². The molecule has 0 aliphatic heterocycles. The predicted molar refractivity (Wildman–Crippen MR) is 109 cm³/mol. The van der Waals surface area contributed by atoms with Crippen LogP contribution in [0, 0.1) is 12.8 Å². The minimum Gasteiger partial charge on any atom is -0.350 e. The van der Waals surface area contributed by atoms with Crippen molar-refractivity contribution in [1.29, 1.82) is 0 Å². The fraction of sp³-hybridized carbons (Fsp3) is 0.381. The minimum absolute atomic E-state index is 0.0743. The lowest BCUT2D eigenvalue weighted by Gasteiger charge is -2.29. The standard InChI is InChI=1S/C21H23N5OS/c1-14-23-11-18(16-6-8-22-9-7-16)20(26-14)17-4-2-15(3-5-17)10-24-21(27)19-12-28-13-25-19/h6-9,11-13,15,17H,2-5,10H2,1H3,(H,24,27). The van der Waals surface area contributed by atoms with Gasteiger partial charge in [0.25, 0.3) is 5.91 Å². The van der Waals surface area contributed by atoms with E-state index in [0.717, 1.165) is 48.3 Å². The van der Waals surface area contributed by atoms with Gasteiger partial charge >= 0.3 is 0 Å². The first kappa shape index (κ1) is 18.7. The van der Waals surface area contributed by atoms with Gasteiger partial charge in [0.05, 0.1) is 11.2 Å². The zero-order chi connectivity index (χ0) is 19.3. The van der Waals surface area contributed by atoms with Crippen LogP contribution < -0.4 is 5.32 Å². The highest BCUT2D eigenvalue weighted by Crippen LogP contribution is 2.38. The maximum atomic E-state index is 12.1. The third-order valence-corrected chi connectivity index (χ3v) is 5.97. The molecular weight excluding hydrogens is 370 g/mol. The Balaban J connectivity index is 1.40. The predicted octanol–water partition coefficient (Wildman–Crippen LogP) is 4.01. The Bertz CT molecular complexity index is 921. The molecule has 6 nitrogen and oxygen atoms in total. The number of amides is 1. The molecule has 1 fully saturated rings. The van der Waals surface area contributed by atoms with E-state index in [-0.39, 0.29) is 5.91 Å². The number of aromatic nitrogens is 4. The van der Waals surface area contributed by atoms with Crippen molar-refractivity contribution in [2.75, 3.05) is 6.54 Å². The molecule has 1 amide bonds. The van der Waals surface area contributed by atoms with E-state index in [2.05, 4.69) is 20.3 Å². The third kappa shape index (κ3) is 4.25. The van der Waals surface area contributed by atoms with E-state index in [1.165, 1.54) is 11.3 Å². The number of carbonyl (C=O) groups is 1. The van der Waals surface area contributed by atoms with Crippen LogP contribution in [0.25, 0.3) is 11.1 Å². The van der Waals surface area contributed by atoms with E-state index in [1.807, 2.05) is 25.3 Å². The summed E-state index contributed by atoms with van der Waals surface area (Å²) in [6, 6.07) is 4.02. The van der Waals surface area contributed by atoms with Gasteiger partial charge in [0.2, 0.25) is 0 Å². The number of hydrogen-bond acceptors (Lipinski definition) is 6. The van der Waals surface area contributed by atoms with Gasteiger partial charge in [0.15, 0.2) is 0 Å². The Morgan fingerprint density at radius 1 is 1.18 bits per heavy atom. The first-order chi connectivity index (χ1) is 13.7. The van der Waals surface area contributed by atoms with Crippen LogP contribution in [0.4, 0.5) is 0 Å². The summed E-state index contributed by atoms with van der Waals surface area (Å²) in [6.07, 6.45) is 9.87. The van der Waals surface area contributed by atoms with Crippen molar-refractivity contribution in [3.8, 4) is 11.1 Å². The minimum atomic E-state index is -0.0743. The maximum absolute atomic E-state index is 12.1. The number of rotatable bonds is 5. The fourth-order valence-corrected chi connectivity index (χ4v) is 4.38. The molecule has 28 heavy (non-hydrogen) atoms. The van der Waals surface area contributed by atoms with Gasteiger partial charge in [-0.3, -0.25) is 9.78 Å². The van der Waals surface area contributed by atoms with Crippen molar-refractivity contribution >= 4 is 17.2 Å². The Morgan fingerprint density at radius 2 is 1.96 bits per heavy atom. The fourth-order valence-electron chi connectivity index (χ4n) is 3.84. The molecule has 0 saturated heterocycles. The molecule has 1 N–H and O–H groups in total. The van der Waals surface area contributed by atoms with Crippen molar-refractivity contribution in [3.63, 3.8) is 0 Å². The second-order valence-electron chi connectivity index (χ2n) is 7.25. The molecule has 0 unspecified atom stereocenters. The molecular formula is C21H23N5OS. The van der Waals surface area contributed by atoms with Gasteiger partial charge in [-0.25, -0.2) is 15.0 Å². The molecule has 0 bridgehead atoms. The Labute approximate surface area is 168 Å². The molecule has 7 heteroatoms. The first-order valence-electron chi connectivity index (χ1n) is 9.61. The highest BCUT2D eigenvalue weighted by molar-refractivity contribution is 7.07. The van der Waals surface area contributed by atoms with Crippen molar-refractivity contribution < 1.29 is 4.79 Å². The molecule has 0 spiro atoms. The summed E-state index contributed by atoms with van der Waals surface area (Å²) in [5.41, 5.74) is 5.56. The highest BCUT2D eigenvalue weighted by atomic mass is 32.1. The second-order valence-corrected chi connectivity index (χ2v) is 7.97. The second kappa shape index (κ2) is 8.56. The van der Waals surface area contributed by atoms with Crippen LogP contribution in [0.15, 0.2) is 41.6 Å². The van der Waals surface area contributed by atoms with Crippen molar-refractivity contribution in [2.24, 2.45) is 5.92 Å². The van der Waals surface area contributed by atoms with Crippen LogP contribution >= 0.6 is 11.3 Å². The molecule has 144 valence electrons. The molecule has 1 aliphatic rings. The number of nitrogens with zero attached hydrogens (tertiary/aromatic N) is 4. The van der Waals surface area contributed by atoms with Crippen LogP contribution in [0.2, 0.25) is 0 Å². The third-order valence-electron chi connectivity index (χ3n) is 5.38. The summed E-state index contributed by atoms with van der Waals surface area (Å²) < 4.78 is 0. The number of nitrogens with one attached hydrogen (secondary N) is 1. The van der Waals surface area contributed by atoms with E-state index >= 15 is 0 Å². The van der Waals surface area contributed by atoms with E-state index in [0.29, 0.717) is 24.1 Å². The van der Waals surface area contributed by atoms with Gasteiger partial charge in [-0.15, -0.1) is 11.3 Å². The lowest BCUT2D eigenvalue weighted by molar-refractivity contribution is 0.0938. The summed E-state index contributed by atoms with van der Waals surface area (Å²) in [5.74, 6) is 1.67. The van der Waals surface area contributed by atoms with E-state index in [4.69, 9.17) is 4.98 Å². The first-order valence-corrected chi connectivity index (χ1v) is 10.6. The summed E-state index contributed by atoms with van der Waals surface area (Å²) in [6.45, 7) is 2.66. The SMILES string of the molecule is Cc1ncc(-c2ccncc2)c(C2CCC(CNC(=O)c3cscn3)CC2)n1. The van der Waals surface area contributed by atoms with Crippen LogP contribution in [-0.4, -0.2) is 32.4 Å². The smallest absolute Gasteiger partial charge is 0.270 e. The van der Waals surface area contributed by atoms with Crippen molar-refractivity contribution in [2.45, 2.75) is 38.5 Å². The molecule has 3 aromatic heterocycles. The van der Waals surface area contributed by atoms with Gasteiger partial charge < -0.3 is 5.32 Å². The molecule has 1 saturated carbocycles. The summed E-state index contributed by atoms with van der Waals surface area (Å²) in [4.78, 5) is 29.5. The van der Waals surface area contributed by atoms with E-state index in [9.17, 15) is 4.79 Å². The number of aryl methyl sites for hydroxylation is 1. The van der Waals surface area contributed by atoms with Gasteiger partial charge in [-0.2, -0.15) is 0 Å². The summed E-state index contributed by atoms with van der Waals surface area (Å²) >= 11 is 1.44. The number of pyridine rings is 1. The molecule has 0 atom stereocenters. The zero-order valence-electron chi connectivity index (χ0n) is 15.8. The molecule has 0 radical (unpaired) electrons. The lowest BCUT2D eigenvalue weighted by atomic mass is 9.79.